The van der Waals surface area contributed by atoms with Crippen LogP contribution in [-0.4, -0.2) is 11.3 Å². The molecule has 0 aliphatic rings. The van der Waals surface area contributed by atoms with E-state index < -0.39 is 5.82 Å². The Hall–Kier alpha value is -1.20. The average Bonchev–Trinajstić information content (AvgIpc) is 2.33. The van der Waals surface area contributed by atoms with E-state index in [-0.39, 0.29) is 11.4 Å². The van der Waals surface area contributed by atoms with Crippen molar-refractivity contribution in [2.24, 2.45) is 4.99 Å². The van der Waals surface area contributed by atoms with Crippen molar-refractivity contribution >= 4 is 43.8 Å². The van der Waals surface area contributed by atoms with Crippen molar-refractivity contribution in [1.82, 2.24) is 0 Å². The fraction of sp³-hybridized carbons (Fsp3) is 0. The van der Waals surface area contributed by atoms with Gasteiger partial charge in [0.15, 0.2) is 0 Å². The van der Waals surface area contributed by atoms with Gasteiger partial charge >= 0.3 is 0 Å². The minimum Gasteiger partial charge on any atom is -0.506 e. The summed E-state index contributed by atoms with van der Waals surface area (Å²) in [5, 5.41) is 9.82. The van der Waals surface area contributed by atoms with Crippen molar-refractivity contribution in [3.8, 4) is 5.75 Å². The Morgan fingerprint density at radius 2 is 1.89 bits per heavy atom. The van der Waals surface area contributed by atoms with Gasteiger partial charge in [-0.3, -0.25) is 4.99 Å². The molecule has 0 fully saturated rings. The van der Waals surface area contributed by atoms with Gasteiger partial charge in [0, 0.05) is 16.3 Å². The van der Waals surface area contributed by atoms with Crippen LogP contribution in [0.1, 0.15) is 5.56 Å². The van der Waals surface area contributed by atoms with Crippen LogP contribution in [0.4, 0.5) is 10.1 Å². The fourth-order valence-corrected chi connectivity index (χ4v) is 2.64. The van der Waals surface area contributed by atoms with E-state index >= 15 is 0 Å². The van der Waals surface area contributed by atoms with Gasteiger partial charge in [0.25, 0.3) is 0 Å². The first-order valence-electron chi connectivity index (χ1n) is 5.04. The van der Waals surface area contributed by atoms with Gasteiger partial charge in [-0.05, 0) is 40.2 Å². The number of hydrogen-bond acceptors (Lipinski definition) is 2. The highest BCUT2D eigenvalue weighted by atomic mass is 79.9. The molecule has 1 N–H and O–H groups in total. The van der Waals surface area contributed by atoms with E-state index in [1.165, 1.54) is 12.3 Å². The summed E-state index contributed by atoms with van der Waals surface area (Å²) in [5.41, 5.74) is 0.729. The van der Waals surface area contributed by atoms with Gasteiger partial charge in [-0.1, -0.05) is 28.1 Å². The molecule has 0 saturated carbocycles. The molecule has 5 heteroatoms. The second kappa shape index (κ2) is 5.63. The molecule has 0 unspecified atom stereocenters. The maximum absolute atomic E-state index is 13.4. The maximum atomic E-state index is 13.4. The molecule has 0 saturated heterocycles. The quantitative estimate of drug-likeness (QED) is 0.754. The number of phenols is 1. The van der Waals surface area contributed by atoms with Crippen molar-refractivity contribution < 1.29 is 9.50 Å². The molecular weight excluding hydrogens is 365 g/mol. The Kier molecular flexibility index (Phi) is 4.14. The summed E-state index contributed by atoms with van der Waals surface area (Å²) in [4.78, 5) is 4.02. The third kappa shape index (κ3) is 2.97. The highest BCUT2D eigenvalue weighted by Gasteiger charge is 2.05. The summed E-state index contributed by atoms with van der Waals surface area (Å²) in [6.45, 7) is 0. The fourth-order valence-electron chi connectivity index (χ4n) is 1.38. The summed E-state index contributed by atoms with van der Waals surface area (Å²) in [5.74, 6) is -0.333. The Morgan fingerprint density at radius 3 is 2.61 bits per heavy atom. The van der Waals surface area contributed by atoms with E-state index in [9.17, 15) is 9.50 Å². The summed E-state index contributed by atoms with van der Waals surface area (Å²) in [7, 11) is 0. The summed E-state index contributed by atoms with van der Waals surface area (Å²) >= 11 is 6.53. The Labute approximate surface area is 120 Å². The predicted molar refractivity (Wildman–Crippen MR) is 77.2 cm³/mol. The normalized spacial score (nSPS) is 11.1. The average molecular weight is 373 g/mol. The highest BCUT2D eigenvalue weighted by Crippen LogP contribution is 2.31. The van der Waals surface area contributed by atoms with Crippen molar-refractivity contribution in [3.05, 3.63) is 56.7 Å². The van der Waals surface area contributed by atoms with E-state index in [1.54, 1.807) is 30.3 Å². The molecule has 2 aromatic rings. The first-order chi connectivity index (χ1) is 8.58. The molecule has 2 rings (SSSR count). The van der Waals surface area contributed by atoms with Gasteiger partial charge in [0.2, 0.25) is 0 Å². The van der Waals surface area contributed by atoms with Crippen LogP contribution in [0.5, 0.6) is 5.75 Å². The van der Waals surface area contributed by atoms with Crippen LogP contribution in [0, 0.1) is 5.82 Å². The first kappa shape index (κ1) is 13.2. The van der Waals surface area contributed by atoms with E-state index in [0.717, 1.165) is 4.47 Å². The molecule has 0 aliphatic heterocycles. The maximum Gasteiger partial charge on any atom is 0.148 e. The molecule has 0 aliphatic carbocycles. The van der Waals surface area contributed by atoms with Crippen LogP contribution < -0.4 is 0 Å². The lowest BCUT2D eigenvalue weighted by Gasteiger charge is -2.03. The standard InChI is InChI=1S/C13H8Br2FNO/c14-9-5-8(13(18)10(15)6-9)7-17-12-4-2-1-3-11(12)16/h1-7,18H. The minimum atomic E-state index is -0.401. The number of aromatic hydroxyl groups is 1. The number of phenolic OH excluding ortho intramolecular Hbond substituents is 1. The third-order valence-corrected chi connectivity index (χ3v) is 3.32. The molecule has 2 aromatic carbocycles. The molecule has 0 heterocycles. The molecular formula is C13H8Br2FNO. The topological polar surface area (TPSA) is 32.6 Å². The van der Waals surface area contributed by atoms with Gasteiger partial charge in [0.1, 0.15) is 11.6 Å². The lowest BCUT2D eigenvalue weighted by molar-refractivity contribution is 0.471. The number of aliphatic imine (C=N–C) groups is 1. The van der Waals surface area contributed by atoms with Crippen molar-refractivity contribution in [1.29, 1.82) is 0 Å². The second-order valence-electron chi connectivity index (χ2n) is 3.54. The van der Waals surface area contributed by atoms with Crippen molar-refractivity contribution in [2.75, 3.05) is 0 Å². The zero-order chi connectivity index (χ0) is 13.1. The van der Waals surface area contributed by atoms with Crippen LogP contribution in [0.2, 0.25) is 0 Å². The van der Waals surface area contributed by atoms with Crippen LogP contribution in [-0.2, 0) is 0 Å². The molecule has 2 nitrogen and oxygen atoms in total. The number of hydrogen-bond donors (Lipinski definition) is 1. The highest BCUT2D eigenvalue weighted by molar-refractivity contribution is 9.11. The van der Waals surface area contributed by atoms with Crippen LogP contribution in [0.25, 0.3) is 0 Å². The number of nitrogens with zero attached hydrogens (tertiary/aromatic N) is 1. The molecule has 0 radical (unpaired) electrons. The number of halogens is 3. The van der Waals surface area contributed by atoms with Crippen LogP contribution in [0.15, 0.2) is 50.3 Å². The van der Waals surface area contributed by atoms with Crippen molar-refractivity contribution in [3.63, 3.8) is 0 Å². The largest absolute Gasteiger partial charge is 0.506 e. The third-order valence-electron chi connectivity index (χ3n) is 2.25. The summed E-state index contributed by atoms with van der Waals surface area (Å²) in [6.07, 6.45) is 1.42. The van der Waals surface area contributed by atoms with Gasteiger partial charge in [-0.25, -0.2) is 4.39 Å². The molecule has 18 heavy (non-hydrogen) atoms. The number of rotatable bonds is 2. The molecule has 0 spiro atoms. The monoisotopic (exact) mass is 371 g/mol. The lowest BCUT2D eigenvalue weighted by Crippen LogP contribution is -1.85. The predicted octanol–water partition coefficient (Wildman–Crippen LogP) is 4.81. The second-order valence-corrected chi connectivity index (χ2v) is 5.31. The van der Waals surface area contributed by atoms with Gasteiger partial charge in [0.05, 0.1) is 10.2 Å². The van der Waals surface area contributed by atoms with Crippen molar-refractivity contribution in [2.45, 2.75) is 0 Å². The van der Waals surface area contributed by atoms with Gasteiger partial charge < -0.3 is 5.11 Å². The summed E-state index contributed by atoms with van der Waals surface area (Å²) < 4.78 is 14.7. The Bertz CT molecular complexity index is 614. The van der Waals surface area contributed by atoms with E-state index in [1.807, 2.05) is 0 Å². The molecule has 92 valence electrons. The van der Waals surface area contributed by atoms with E-state index in [0.29, 0.717) is 10.0 Å². The zero-order valence-corrected chi connectivity index (χ0v) is 12.2. The molecule has 0 amide bonds. The van der Waals surface area contributed by atoms with Gasteiger partial charge in [-0.2, -0.15) is 0 Å². The summed E-state index contributed by atoms with van der Waals surface area (Å²) in [6, 6.07) is 9.62. The molecule has 0 bridgehead atoms. The molecule has 0 aromatic heterocycles. The smallest absolute Gasteiger partial charge is 0.148 e. The SMILES string of the molecule is Oc1c(Br)cc(Br)cc1C=Nc1ccccc1F. The Morgan fingerprint density at radius 1 is 1.17 bits per heavy atom. The van der Waals surface area contributed by atoms with Gasteiger partial charge in [-0.15, -0.1) is 0 Å². The zero-order valence-electron chi connectivity index (χ0n) is 9.07. The van der Waals surface area contributed by atoms with Crippen LogP contribution in [0.3, 0.4) is 0 Å². The van der Waals surface area contributed by atoms with Crippen LogP contribution >= 0.6 is 31.9 Å². The molecule has 0 atom stereocenters. The number of benzene rings is 2. The minimum absolute atomic E-state index is 0.0679. The number of para-hydroxylation sites is 1. The first-order valence-corrected chi connectivity index (χ1v) is 6.63. The lowest BCUT2D eigenvalue weighted by atomic mass is 10.2. The van der Waals surface area contributed by atoms with E-state index in [4.69, 9.17) is 0 Å². The Balaban J connectivity index is 2.38. The van der Waals surface area contributed by atoms with E-state index in [2.05, 4.69) is 36.9 Å².